The quantitative estimate of drug-likeness (QED) is 0.856. The number of nitrogens with zero attached hydrogens (tertiary/aromatic N) is 1. The summed E-state index contributed by atoms with van der Waals surface area (Å²) in [5, 5.41) is 9.68. The molecule has 1 aliphatic heterocycles. The van der Waals surface area contributed by atoms with E-state index in [0.717, 1.165) is 36.5 Å². The van der Waals surface area contributed by atoms with E-state index in [-0.39, 0.29) is 42.2 Å². The summed E-state index contributed by atoms with van der Waals surface area (Å²) in [5.74, 6) is 0.300. The normalized spacial score (nSPS) is 23.6. The first-order chi connectivity index (χ1) is 9.44. The number of hydrogen-bond acceptors (Lipinski definition) is 4. The second kappa shape index (κ2) is 9.06. The summed E-state index contributed by atoms with van der Waals surface area (Å²) in [5.41, 5.74) is 0.679. The van der Waals surface area contributed by atoms with Crippen LogP contribution < -0.4 is 10.6 Å². The molecule has 3 atom stereocenters. The molecular formula is C15H27Cl2N3OS. The summed E-state index contributed by atoms with van der Waals surface area (Å²) in [6, 6.07) is 0.425. The Morgan fingerprint density at radius 3 is 2.73 bits per heavy atom. The van der Waals surface area contributed by atoms with E-state index in [4.69, 9.17) is 0 Å². The molecule has 1 unspecified atom stereocenters. The topological polar surface area (TPSA) is 54.0 Å². The molecular weight excluding hydrogens is 341 g/mol. The molecule has 4 nitrogen and oxygen atoms in total. The summed E-state index contributed by atoms with van der Waals surface area (Å²) >= 11 is 1.63. The SMILES string of the molecule is CCC(C)(NC(=O)[C@H]1CCN[C@@H](C)C1)c1nc(C)cs1.Cl.Cl. The van der Waals surface area contributed by atoms with E-state index in [0.29, 0.717) is 6.04 Å². The molecule has 1 aliphatic rings. The van der Waals surface area contributed by atoms with Gasteiger partial charge in [0, 0.05) is 23.0 Å². The van der Waals surface area contributed by atoms with E-state index >= 15 is 0 Å². The summed E-state index contributed by atoms with van der Waals surface area (Å²) in [7, 11) is 0. The maximum atomic E-state index is 12.5. The summed E-state index contributed by atoms with van der Waals surface area (Å²) in [4.78, 5) is 17.1. The maximum absolute atomic E-state index is 12.5. The third-order valence-electron chi connectivity index (χ3n) is 4.19. The highest BCUT2D eigenvalue weighted by atomic mass is 35.5. The molecule has 1 saturated heterocycles. The molecule has 0 aliphatic carbocycles. The predicted molar refractivity (Wildman–Crippen MR) is 97.3 cm³/mol. The Morgan fingerprint density at radius 1 is 1.55 bits per heavy atom. The molecule has 0 spiro atoms. The van der Waals surface area contributed by atoms with Gasteiger partial charge in [-0.3, -0.25) is 4.79 Å². The third-order valence-corrected chi connectivity index (χ3v) is 5.42. The molecule has 22 heavy (non-hydrogen) atoms. The number of aryl methyl sites for hydroxylation is 1. The van der Waals surface area contributed by atoms with Gasteiger partial charge >= 0.3 is 0 Å². The molecule has 0 bridgehead atoms. The van der Waals surface area contributed by atoms with Crippen molar-refractivity contribution in [1.82, 2.24) is 15.6 Å². The van der Waals surface area contributed by atoms with Gasteiger partial charge in [0.15, 0.2) is 0 Å². The lowest BCUT2D eigenvalue weighted by atomic mass is 9.90. The smallest absolute Gasteiger partial charge is 0.223 e. The number of piperidine rings is 1. The number of carbonyl (C=O) groups is 1. The summed E-state index contributed by atoms with van der Waals surface area (Å²) in [6.07, 6.45) is 2.70. The van der Waals surface area contributed by atoms with E-state index < -0.39 is 0 Å². The fraction of sp³-hybridized carbons (Fsp3) is 0.733. The van der Waals surface area contributed by atoms with Gasteiger partial charge < -0.3 is 10.6 Å². The van der Waals surface area contributed by atoms with E-state index in [1.807, 2.05) is 12.3 Å². The van der Waals surface area contributed by atoms with Crippen LogP contribution in [-0.2, 0) is 10.3 Å². The van der Waals surface area contributed by atoms with Gasteiger partial charge in [-0.15, -0.1) is 36.2 Å². The molecule has 1 aromatic rings. The zero-order valence-electron chi connectivity index (χ0n) is 13.6. The van der Waals surface area contributed by atoms with Gasteiger partial charge in [0.2, 0.25) is 5.91 Å². The standard InChI is InChI=1S/C15H25N3OS.2ClH/c1-5-15(4,14-17-11(3)9-20-14)18-13(19)12-6-7-16-10(2)8-12;;/h9-10,12,16H,5-8H2,1-4H3,(H,18,19);2*1H/t10-,12-,15?;;/m0../s1. The number of hydrogen-bond donors (Lipinski definition) is 2. The Kier molecular flexibility index (Phi) is 8.91. The van der Waals surface area contributed by atoms with Gasteiger partial charge in [0.05, 0.1) is 5.54 Å². The van der Waals surface area contributed by atoms with Crippen molar-refractivity contribution in [2.75, 3.05) is 6.54 Å². The van der Waals surface area contributed by atoms with Crippen molar-refractivity contribution in [3.8, 4) is 0 Å². The van der Waals surface area contributed by atoms with E-state index in [1.54, 1.807) is 11.3 Å². The Morgan fingerprint density at radius 2 is 2.23 bits per heavy atom. The molecule has 1 fully saturated rings. The van der Waals surface area contributed by atoms with E-state index in [2.05, 4.69) is 36.4 Å². The molecule has 1 aromatic heterocycles. The van der Waals surface area contributed by atoms with Crippen LogP contribution in [0.1, 0.15) is 50.7 Å². The largest absolute Gasteiger partial charge is 0.344 e. The molecule has 2 heterocycles. The lowest BCUT2D eigenvalue weighted by Gasteiger charge is -2.32. The molecule has 1 amide bonds. The second-order valence-corrected chi connectivity index (χ2v) is 6.90. The van der Waals surface area contributed by atoms with Crippen molar-refractivity contribution >= 4 is 42.1 Å². The maximum Gasteiger partial charge on any atom is 0.223 e. The van der Waals surface area contributed by atoms with Crippen LogP contribution >= 0.6 is 36.2 Å². The fourth-order valence-corrected chi connectivity index (χ4v) is 3.63. The highest BCUT2D eigenvalue weighted by Gasteiger charge is 2.33. The minimum absolute atomic E-state index is 0. The lowest BCUT2D eigenvalue weighted by Crippen LogP contribution is -2.49. The monoisotopic (exact) mass is 367 g/mol. The first-order valence-electron chi connectivity index (χ1n) is 7.42. The van der Waals surface area contributed by atoms with Gasteiger partial charge in [-0.25, -0.2) is 4.98 Å². The minimum atomic E-state index is -0.343. The molecule has 7 heteroatoms. The lowest BCUT2D eigenvalue weighted by molar-refractivity contribution is -0.128. The molecule has 2 N–H and O–H groups in total. The van der Waals surface area contributed by atoms with Gasteiger partial charge in [0.25, 0.3) is 0 Å². The van der Waals surface area contributed by atoms with Gasteiger partial charge in [-0.2, -0.15) is 0 Å². The fourth-order valence-electron chi connectivity index (χ4n) is 2.64. The molecule has 0 aromatic carbocycles. The third kappa shape index (κ3) is 5.08. The van der Waals surface area contributed by atoms with Crippen LogP contribution in [0, 0.1) is 12.8 Å². The Labute approximate surface area is 149 Å². The highest BCUT2D eigenvalue weighted by molar-refractivity contribution is 7.09. The Balaban J connectivity index is 0.00000220. The average Bonchev–Trinajstić information content (AvgIpc) is 2.86. The van der Waals surface area contributed by atoms with Gasteiger partial charge in [0.1, 0.15) is 5.01 Å². The van der Waals surface area contributed by atoms with Gasteiger partial charge in [-0.05, 0) is 46.6 Å². The van der Waals surface area contributed by atoms with Crippen molar-refractivity contribution in [3.05, 3.63) is 16.1 Å². The summed E-state index contributed by atoms with van der Waals surface area (Å²) < 4.78 is 0. The Hall–Kier alpha value is -0.360. The van der Waals surface area contributed by atoms with Crippen LogP contribution in [-0.4, -0.2) is 23.5 Å². The average molecular weight is 368 g/mol. The first kappa shape index (κ1) is 21.6. The van der Waals surface area contributed by atoms with E-state index in [1.165, 1.54) is 0 Å². The minimum Gasteiger partial charge on any atom is -0.344 e. The van der Waals surface area contributed by atoms with Crippen LogP contribution in [0.3, 0.4) is 0 Å². The van der Waals surface area contributed by atoms with Crippen LogP contribution in [0.4, 0.5) is 0 Å². The summed E-state index contributed by atoms with van der Waals surface area (Å²) in [6.45, 7) is 9.24. The number of aromatic nitrogens is 1. The van der Waals surface area contributed by atoms with Crippen molar-refractivity contribution in [3.63, 3.8) is 0 Å². The predicted octanol–water partition coefficient (Wildman–Crippen LogP) is 3.42. The molecule has 0 radical (unpaired) electrons. The van der Waals surface area contributed by atoms with Crippen LogP contribution in [0.5, 0.6) is 0 Å². The Bertz CT molecular complexity index is 483. The van der Waals surface area contributed by atoms with Crippen molar-refractivity contribution in [2.45, 2.75) is 58.5 Å². The first-order valence-corrected chi connectivity index (χ1v) is 8.30. The molecule has 2 rings (SSSR count). The van der Waals surface area contributed by atoms with Gasteiger partial charge in [-0.1, -0.05) is 6.92 Å². The number of thiazole rings is 1. The molecule has 128 valence electrons. The van der Waals surface area contributed by atoms with E-state index in [9.17, 15) is 4.79 Å². The zero-order valence-corrected chi connectivity index (χ0v) is 16.1. The zero-order chi connectivity index (χ0) is 14.8. The van der Waals surface area contributed by atoms with Crippen molar-refractivity contribution in [2.24, 2.45) is 5.92 Å². The second-order valence-electron chi connectivity index (χ2n) is 6.05. The van der Waals surface area contributed by atoms with Crippen molar-refractivity contribution in [1.29, 1.82) is 0 Å². The number of rotatable bonds is 4. The van der Waals surface area contributed by atoms with Crippen LogP contribution in [0.25, 0.3) is 0 Å². The molecule has 0 saturated carbocycles. The van der Waals surface area contributed by atoms with Crippen molar-refractivity contribution < 1.29 is 4.79 Å². The van der Waals surface area contributed by atoms with Crippen LogP contribution in [0.15, 0.2) is 5.38 Å². The van der Waals surface area contributed by atoms with Crippen LogP contribution in [0.2, 0.25) is 0 Å². The number of carbonyl (C=O) groups excluding carboxylic acids is 1. The number of halogens is 2. The number of amides is 1. The number of nitrogens with one attached hydrogen (secondary N) is 2. The highest BCUT2D eigenvalue weighted by Crippen LogP contribution is 2.29.